The van der Waals surface area contributed by atoms with Crippen LogP contribution in [0.25, 0.3) is 0 Å². The van der Waals surface area contributed by atoms with Gasteiger partial charge < -0.3 is 10.1 Å². The molecule has 0 bridgehead atoms. The molecular formula is C19H20F3N3O4S. The zero-order valence-electron chi connectivity index (χ0n) is 16.4. The Kier molecular flexibility index (Phi) is 5.44. The van der Waals surface area contributed by atoms with Gasteiger partial charge in [-0.2, -0.15) is 13.2 Å². The first kappa shape index (κ1) is 21.9. The normalized spacial score (nSPS) is 14.7. The van der Waals surface area contributed by atoms with E-state index in [9.17, 15) is 26.4 Å². The lowest BCUT2D eigenvalue weighted by atomic mass is 10.1. The Morgan fingerprint density at radius 1 is 1.17 bits per heavy atom. The summed E-state index contributed by atoms with van der Waals surface area (Å²) >= 11 is 0. The number of fused-ring (bicyclic) bond motifs is 1. The van der Waals surface area contributed by atoms with Gasteiger partial charge in [0.15, 0.2) is 0 Å². The van der Waals surface area contributed by atoms with E-state index in [0.717, 1.165) is 16.4 Å². The maximum atomic E-state index is 13.1. The summed E-state index contributed by atoms with van der Waals surface area (Å²) in [7, 11) is -4.20. The van der Waals surface area contributed by atoms with Gasteiger partial charge in [0.05, 0.1) is 22.6 Å². The molecule has 1 amide bonds. The summed E-state index contributed by atoms with van der Waals surface area (Å²) in [5.41, 5.74) is -1.30. The summed E-state index contributed by atoms with van der Waals surface area (Å²) < 4.78 is 70.9. The number of hydrogen-bond donors (Lipinski definition) is 1. The fourth-order valence-electron chi connectivity index (χ4n) is 2.81. The monoisotopic (exact) mass is 443 g/mol. The van der Waals surface area contributed by atoms with E-state index < -0.39 is 33.2 Å². The van der Waals surface area contributed by atoms with E-state index in [2.05, 4.69) is 10.3 Å². The number of ether oxygens (including phenoxy) is 1. The Hall–Kier alpha value is -2.82. The van der Waals surface area contributed by atoms with Gasteiger partial charge in [0.25, 0.3) is 15.9 Å². The van der Waals surface area contributed by atoms with Crippen LogP contribution in [0.2, 0.25) is 0 Å². The van der Waals surface area contributed by atoms with Crippen molar-refractivity contribution >= 4 is 21.6 Å². The van der Waals surface area contributed by atoms with Crippen LogP contribution in [0.1, 0.15) is 36.7 Å². The molecule has 3 rings (SSSR count). The van der Waals surface area contributed by atoms with Crippen LogP contribution < -0.4 is 14.4 Å². The molecule has 1 aliphatic heterocycles. The summed E-state index contributed by atoms with van der Waals surface area (Å²) in [5, 5.41) is 2.75. The maximum Gasteiger partial charge on any atom is 0.416 e. The van der Waals surface area contributed by atoms with Crippen LogP contribution in [0.15, 0.2) is 41.4 Å². The molecule has 0 saturated heterocycles. The van der Waals surface area contributed by atoms with Crippen molar-refractivity contribution in [2.45, 2.75) is 37.4 Å². The number of alkyl halides is 3. The van der Waals surface area contributed by atoms with E-state index >= 15 is 0 Å². The van der Waals surface area contributed by atoms with Crippen LogP contribution in [-0.4, -0.2) is 38.0 Å². The molecule has 0 radical (unpaired) electrons. The van der Waals surface area contributed by atoms with Gasteiger partial charge in [0, 0.05) is 11.7 Å². The molecule has 162 valence electrons. The second-order valence-electron chi connectivity index (χ2n) is 7.70. The lowest BCUT2D eigenvalue weighted by Crippen LogP contribution is -2.41. The molecule has 0 spiro atoms. The third kappa shape index (κ3) is 4.50. The zero-order valence-corrected chi connectivity index (χ0v) is 17.3. The van der Waals surface area contributed by atoms with Crippen molar-refractivity contribution in [3.05, 3.63) is 47.7 Å². The topological polar surface area (TPSA) is 88.6 Å². The highest BCUT2D eigenvalue weighted by atomic mass is 32.2. The van der Waals surface area contributed by atoms with Crippen molar-refractivity contribution < 1.29 is 31.1 Å². The molecule has 0 saturated carbocycles. The van der Waals surface area contributed by atoms with Crippen molar-refractivity contribution in [3.63, 3.8) is 0 Å². The smallest absolute Gasteiger partial charge is 0.416 e. The number of carbonyl (C=O) groups excluding carboxylic acids is 1. The lowest BCUT2D eigenvalue weighted by molar-refractivity contribution is -0.137. The van der Waals surface area contributed by atoms with Gasteiger partial charge in [-0.25, -0.2) is 13.4 Å². The fourth-order valence-corrected chi connectivity index (χ4v) is 4.25. The fraction of sp³-hybridized carbons (Fsp3) is 0.368. The number of halogens is 3. The molecule has 1 aromatic carbocycles. The van der Waals surface area contributed by atoms with Gasteiger partial charge in [-0.15, -0.1) is 0 Å². The van der Waals surface area contributed by atoms with Gasteiger partial charge in [-0.1, -0.05) is 0 Å². The number of aromatic nitrogens is 1. The minimum absolute atomic E-state index is 0.00734. The molecule has 2 heterocycles. The minimum atomic E-state index is -4.58. The standard InChI is InChI=1S/C19H20F3N3O4S/c1-18(2,3)24-16(26)12-10-15-17(23-11-12)29-9-8-25(15)30(27,28)14-6-4-13(5-7-14)19(20,21)22/h4-7,10-11H,8-9H2,1-3H3,(H,24,26). The first-order valence-corrected chi connectivity index (χ1v) is 10.4. The predicted molar refractivity (Wildman–Crippen MR) is 103 cm³/mol. The summed E-state index contributed by atoms with van der Waals surface area (Å²) in [6.45, 7) is 5.30. The number of pyridine rings is 1. The molecule has 11 heteroatoms. The lowest BCUT2D eigenvalue weighted by Gasteiger charge is -2.30. The molecule has 0 unspecified atom stereocenters. The van der Waals surface area contributed by atoms with Crippen LogP contribution in [-0.2, 0) is 16.2 Å². The predicted octanol–water partition coefficient (Wildman–Crippen LogP) is 3.22. The number of hydrogen-bond acceptors (Lipinski definition) is 5. The summed E-state index contributed by atoms with van der Waals surface area (Å²) in [6.07, 6.45) is -3.30. The SMILES string of the molecule is CC(C)(C)NC(=O)c1cnc2c(c1)N(S(=O)(=O)c1ccc(C(F)(F)F)cc1)CCO2. The molecule has 1 aliphatic rings. The van der Waals surface area contributed by atoms with Crippen LogP contribution in [0.5, 0.6) is 5.88 Å². The summed E-state index contributed by atoms with van der Waals surface area (Å²) in [5.74, 6) is -0.431. The molecule has 0 atom stereocenters. The molecule has 0 fully saturated rings. The Morgan fingerprint density at radius 2 is 1.80 bits per heavy atom. The van der Waals surface area contributed by atoms with Crippen LogP contribution >= 0.6 is 0 Å². The highest BCUT2D eigenvalue weighted by Gasteiger charge is 2.34. The number of rotatable bonds is 3. The van der Waals surface area contributed by atoms with Gasteiger partial charge >= 0.3 is 6.18 Å². The maximum absolute atomic E-state index is 13.1. The number of nitrogens with one attached hydrogen (secondary N) is 1. The van der Waals surface area contributed by atoms with Crippen molar-refractivity contribution in [2.24, 2.45) is 0 Å². The summed E-state index contributed by atoms with van der Waals surface area (Å²) in [6, 6.07) is 4.55. The van der Waals surface area contributed by atoms with E-state index in [0.29, 0.717) is 12.1 Å². The highest BCUT2D eigenvalue weighted by molar-refractivity contribution is 7.92. The van der Waals surface area contributed by atoms with Crippen molar-refractivity contribution in [2.75, 3.05) is 17.5 Å². The number of sulfonamides is 1. The molecule has 1 aromatic heterocycles. The Morgan fingerprint density at radius 3 is 2.37 bits per heavy atom. The van der Waals surface area contributed by atoms with Gasteiger partial charge in [-0.05, 0) is 51.1 Å². The van der Waals surface area contributed by atoms with Gasteiger partial charge in [0.2, 0.25) is 5.88 Å². The molecule has 7 nitrogen and oxygen atoms in total. The average Bonchev–Trinajstić information content (AvgIpc) is 2.65. The zero-order chi connectivity index (χ0) is 22.3. The van der Waals surface area contributed by atoms with Crippen LogP contribution in [0.3, 0.4) is 0 Å². The number of carbonyl (C=O) groups is 1. The third-order valence-electron chi connectivity index (χ3n) is 4.15. The molecule has 0 aliphatic carbocycles. The molecule has 1 N–H and O–H groups in total. The second kappa shape index (κ2) is 7.46. The minimum Gasteiger partial charge on any atom is -0.474 e. The highest BCUT2D eigenvalue weighted by Crippen LogP contribution is 2.35. The average molecular weight is 443 g/mol. The van der Waals surface area contributed by atoms with Crippen molar-refractivity contribution in [1.82, 2.24) is 10.3 Å². The quantitative estimate of drug-likeness (QED) is 0.787. The first-order chi connectivity index (χ1) is 13.8. The molecule has 2 aromatic rings. The number of anilines is 1. The van der Waals surface area contributed by atoms with E-state index in [1.165, 1.54) is 12.3 Å². The van der Waals surface area contributed by atoms with E-state index in [-0.39, 0.29) is 35.2 Å². The van der Waals surface area contributed by atoms with E-state index in [4.69, 9.17) is 4.74 Å². The summed E-state index contributed by atoms with van der Waals surface area (Å²) in [4.78, 5) is 16.2. The first-order valence-electron chi connectivity index (χ1n) is 8.94. The Labute approximate surface area is 171 Å². The van der Waals surface area contributed by atoms with Crippen LogP contribution in [0.4, 0.5) is 18.9 Å². The number of benzene rings is 1. The number of amides is 1. The van der Waals surface area contributed by atoms with Crippen molar-refractivity contribution in [3.8, 4) is 5.88 Å². The second-order valence-corrected chi connectivity index (χ2v) is 9.56. The van der Waals surface area contributed by atoms with Gasteiger partial charge in [-0.3, -0.25) is 9.10 Å². The van der Waals surface area contributed by atoms with Gasteiger partial charge in [0.1, 0.15) is 12.3 Å². The number of nitrogens with zero attached hydrogens (tertiary/aromatic N) is 2. The Bertz CT molecular complexity index is 1060. The molecule has 30 heavy (non-hydrogen) atoms. The van der Waals surface area contributed by atoms with E-state index in [1.807, 2.05) is 0 Å². The van der Waals surface area contributed by atoms with Crippen molar-refractivity contribution in [1.29, 1.82) is 0 Å². The Balaban J connectivity index is 1.98. The van der Waals surface area contributed by atoms with E-state index in [1.54, 1.807) is 20.8 Å². The third-order valence-corrected chi connectivity index (χ3v) is 5.98. The molecular weight excluding hydrogens is 423 g/mol. The largest absolute Gasteiger partial charge is 0.474 e. The van der Waals surface area contributed by atoms with Crippen LogP contribution in [0, 0.1) is 0 Å².